The summed E-state index contributed by atoms with van der Waals surface area (Å²) in [5.74, 6) is 2.30. The second-order valence-corrected chi connectivity index (χ2v) is 3.72. The summed E-state index contributed by atoms with van der Waals surface area (Å²) in [4.78, 5) is 0. The van der Waals surface area contributed by atoms with Crippen molar-refractivity contribution < 1.29 is 0 Å². The van der Waals surface area contributed by atoms with Gasteiger partial charge in [-0.25, -0.2) is 0 Å². The predicted molar refractivity (Wildman–Crippen MR) is 51.5 cm³/mol. The molecule has 0 aliphatic carbocycles. The van der Waals surface area contributed by atoms with Crippen molar-refractivity contribution in [3.63, 3.8) is 0 Å². The van der Waals surface area contributed by atoms with E-state index in [1.807, 2.05) is 0 Å². The van der Waals surface area contributed by atoms with Crippen LogP contribution in [0.2, 0.25) is 0 Å². The third-order valence-corrected chi connectivity index (χ3v) is 2.78. The summed E-state index contributed by atoms with van der Waals surface area (Å²) < 4.78 is 0. The van der Waals surface area contributed by atoms with Gasteiger partial charge in [0.15, 0.2) is 0 Å². The summed E-state index contributed by atoms with van der Waals surface area (Å²) in [7, 11) is 0. The lowest BCUT2D eigenvalue weighted by Gasteiger charge is -2.27. The van der Waals surface area contributed by atoms with Crippen LogP contribution in [-0.4, -0.2) is 6.54 Å². The van der Waals surface area contributed by atoms with Gasteiger partial charge in [-0.2, -0.15) is 0 Å². The molecule has 0 amide bonds. The van der Waals surface area contributed by atoms with Crippen molar-refractivity contribution in [1.82, 2.24) is 0 Å². The van der Waals surface area contributed by atoms with Crippen molar-refractivity contribution in [1.29, 1.82) is 0 Å². The number of hydrogen-bond donors (Lipinski definition) is 1. The van der Waals surface area contributed by atoms with E-state index in [2.05, 4.69) is 27.7 Å². The zero-order valence-electron chi connectivity index (χ0n) is 8.43. The maximum Gasteiger partial charge on any atom is -0.00438 e. The average Bonchev–Trinajstić information content (AvgIpc) is 1.99. The van der Waals surface area contributed by atoms with E-state index >= 15 is 0 Å². The lowest BCUT2D eigenvalue weighted by atomic mass is 9.80. The Hall–Kier alpha value is -0.0400. The standard InChI is InChI=1S/C10H23N/c1-5-9(6-2)10(7-11)8(3)4/h8-10H,5-7,11H2,1-4H3. The molecule has 0 heterocycles. The summed E-state index contributed by atoms with van der Waals surface area (Å²) in [5, 5.41) is 0. The zero-order valence-corrected chi connectivity index (χ0v) is 8.43. The molecule has 0 bridgehead atoms. The zero-order chi connectivity index (χ0) is 8.85. The van der Waals surface area contributed by atoms with Crippen LogP contribution in [-0.2, 0) is 0 Å². The first-order valence-corrected chi connectivity index (χ1v) is 4.87. The third kappa shape index (κ3) is 3.24. The fraction of sp³-hybridized carbons (Fsp3) is 1.00. The fourth-order valence-electron chi connectivity index (χ4n) is 1.90. The summed E-state index contributed by atoms with van der Waals surface area (Å²) in [6, 6.07) is 0. The Morgan fingerprint density at radius 3 is 1.64 bits per heavy atom. The fourth-order valence-corrected chi connectivity index (χ4v) is 1.90. The molecule has 68 valence electrons. The first-order valence-electron chi connectivity index (χ1n) is 4.87. The summed E-state index contributed by atoms with van der Waals surface area (Å²) in [5.41, 5.74) is 5.73. The molecule has 1 nitrogen and oxygen atoms in total. The quantitative estimate of drug-likeness (QED) is 0.652. The maximum absolute atomic E-state index is 5.73. The van der Waals surface area contributed by atoms with Crippen LogP contribution >= 0.6 is 0 Å². The first kappa shape index (κ1) is 11.0. The Morgan fingerprint density at radius 1 is 1.09 bits per heavy atom. The third-order valence-electron chi connectivity index (χ3n) is 2.78. The Labute approximate surface area is 71.4 Å². The number of hydrogen-bond acceptors (Lipinski definition) is 1. The molecular weight excluding hydrogens is 134 g/mol. The van der Waals surface area contributed by atoms with Crippen molar-refractivity contribution in [2.24, 2.45) is 23.5 Å². The van der Waals surface area contributed by atoms with Crippen LogP contribution in [0.4, 0.5) is 0 Å². The van der Waals surface area contributed by atoms with E-state index in [1.165, 1.54) is 12.8 Å². The van der Waals surface area contributed by atoms with Crippen LogP contribution in [0.3, 0.4) is 0 Å². The number of rotatable bonds is 5. The molecule has 1 unspecified atom stereocenters. The van der Waals surface area contributed by atoms with Gasteiger partial charge >= 0.3 is 0 Å². The van der Waals surface area contributed by atoms with Gasteiger partial charge in [-0.1, -0.05) is 40.5 Å². The highest BCUT2D eigenvalue weighted by atomic mass is 14.6. The van der Waals surface area contributed by atoms with Gasteiger partial charge in [0, 0.05) is 0 Å². The highest BCUT2D eigenvalue weighted by Gasteiger charge is 2.19. The van der Waals surface area contributed by atoms with Crippen LogP contribution < -0.4 is 5.73 Å². The highest BCUT2D eigenvalue weighted by molar-refractivity contribution is 4.71. The molecule has 0 saturated carbocycles. The molecule has 0 rings (SSSR count). The van der Waals surface area contributed by atoms with Gasteiger partial charge in [0.05, 0.1) is 0 Å². The summed E-state index contributed by atoms with van der Waals surface area (Å²) >= 11 is 0. The van der Waals surface area contributed by atoms with Crippen molar-refractivity contribution in [3.05, 3.63) is 0 Å². The maximum atomic E-state index is 5.73. The summed E-state index contributed by atoms with van der Waals surface area (Å²) in [6.45, 7) is 9.92. The molecule has 0 spiro atoms. The molecule has 0 fully saturated rings. The van der Waals surface area contributed by atoms with E-state index in [0.29, 0.717) is 0 Å². The minimum atomic E-state index is 0.727. The molecule has 2 N–H and O–H groups in total. The molecule has 0 saturated heterocycles. The number of nitrogens with two attached hydrogens (primary N) is 1. The summed E-state index contributed by atoms with van der Waals surface area (Å²) in [6.07, 6.45) is 2.55. The van der Waals surface area contributed by atoms with Crippen molar-refractivity contribution >= 4 is 0 Å². The minimum absolute atomic E-state index is 0.727. The van der Waals surface area contributed by atoms with Gasteiger partial charge in [-0.3, -0.25) is 0 Å². The molecular formula is C10H23N. The Kier molecular flexibility index (Phi) is 5.57. The van der Waals surface area contributed by atoms with E-state index in [1.54, 1.807) is 0 Å². The van der Waals surface area contributed by atoms with E-state index in [9.17, 15) is 0 Å². The Morgan fingerprint density at radius 2 is 1.55 bits per heavy atom. The van der Waals surface area contributed by atoms with Crippen LogP contribution in [0.15, 0.2) is 0 Å². The first-order chi connectivity index (χ1) is 5.17. The van der Waals surface area contributed by atoms with E-state index in [4.69, 9.17) is 5.73 Å². The van der Waals surface area contributed by atoms with Gasteiger partial charge in [0.2, 0.25) is 0 Å². The van der Waals surface area contributed by atoms with Crippen LogP contribution in [0, 0.1) is 17.8 Å². The van der Waals surface area contributed by atoms with Gasteiger partial charge < -0.3 is 5.73 Å². The Balaban J connectivity index is 3.98. The second-order valence-electron chi connectivity index (χ2n) is 3.72. The molecule has 11 heavy (non-hydrogen) atoms. The molecule has 0 radical (unpaired) electrons. The van der Waals surface area contributed by atoms with Gasteiger partial charge in [0.1, 0.15) is 0 Å². The molecule has 0 aliphatic heterocycles. The van der Waals surface area contributed by atoms with Gasteiger partial charge in [-0.15, -0.1) is 0 Å². The van der Waals surface area contributed by atoms with E-state index in [0.717, 1.165) is 24.3 Å². The lowest BCUT2D eigenvalue weighted by Crippen LogP contribution is -2.27. The van der Waals surface area contributed by atoms with Gasteiger partial charge in [0.25, 0.3) is 0 Å². The molecule has 1 heteroatoms. The smallest absolute Gasteiger partial charge is 0.00438 e. The van der Waals surface area contributed by atoms with Crippen LogP contribution in [0.25, 0.3) is 0 Å². The highest BCUT2D eigenvalue weighted by Crippen LogP contribution is 2.25. The topological polar surface area (TPSA) is 26.0 Å². The lowest BCUT2D eigenvalue weighted by molar-refractivity contribution is 0.247. The molecule has 0 aromatic rings. The normalized spacial score (nSPS) is 14.5. The minimum Gasteiger partial charge on any atom is -0.330 e. The van der Waals surface area contributed by atoms with Gasteiger partial charge in [-0.05, 0) is 24.3 Å². The van der Waals surface area contributed by atoms with E-state index in [-0.39, 0.29) is 0 Å². The van der Waals surface area contributed by atoms with Crippen LogP contribution in [0.1, 0.15) is 40.5 Å². The average molecular weight is 157 g/mol. The SMILES string of the molecule is CCC(CC)C(CN)C(C)C. The van der Waals surface area contributed by atoms with Crippen molar-refractivity contribution in [2.45, 2.75) is 40.5 Å². The largest absolute Gasteiger partial charge is 0.330 e. The van der Waals surface area contributed by atoms with Crippen LogP contribution in [0.5, 0.6) is 0 Å². The van der Waals surface area contributed by atoms with Crippen molar-refractivity contribution in [3.8, 4) is 0 Å². The monoisotopic (exact) mass is 157 g/mol. The predicted octanol–water partition coefficient (Wildman–Crippen LogP) is 2.65. The Bertz CT molecular complexity index is 84.9. The van der Waals surface area contributed by atoms with Crippen molar-refractivity contribution in [2.75, 3.05) is 6.54 Å². The molecule has 0 aromatic carbocycles. The second kappa shape index (κ2) is 5.59. The molecule has 1 atom stereocenters. The van der Waals surface area contributed by atoms with E-state index < -0.39 is 0 Å². The molecule has 0 aliphatic rings. The molecule has 0 aromatic heterocycles.